The third kappa shape index (κ3) is 3.27. The second-order valence-electron chi connectivity index (χ2n) is 3.66. The first-order chi connectivity index (χ1) is 8.54. The van der Waals surface area contributed by atoms with Crippen LogP contribution in [0.5, 0.6) is 0 Å². The zero-order chi connectivity index (χ0) is 13.1. The lowest BCUT2D eigenvalue weighted by molar-refractivity contribution is 0.625. The summed E-state index contributed by atoms with van der Waals surface area (Å²) in [4.78, 5) is 13.2. The molecule has 0 spiro atoms. The van der Waals surface area contributed by atoms with E-state index in [9.17, 15) is 4.39 Å². The van der Waals surface area contributed by atoms with Gasteiger partial charge in [0.1, 0.15) is 5.82 Å². The van der Waals surface area contributed by atoms with Gasteiger partial charge >= 0.3 is 0 Å². The van der Waals surface area contributed by atoms with E-state index in [0.717, 1.165) is 5.56 Å². The first kappa shape index (κ1) is 13.0. The molecule has 0 aliphatic heterocycles. The van der Waals surface area contributed by atoms with Crippen LogP contribution in [0.3, 0.4) is 0 Å². The maximum absolute atomic E-state index is 13.0. The van der Waals surface area contributed by atoms with Crippen molar-refractivity contribution >= 4 is 29.2 Å². The fourth-order valence-corrected chi connectivity index (χ4v) is 1.82. The number of aromatic nitrogens is 3. The first-order valence-corrected chi connectivity index (χ1v) is 5.83. The SMILES string of the molecule is CN(Cc1cccc(F)c1)c1nc(Cl)nc(Cl)n1. The summed E-state index contributed by atoms with van der Waals surface area (Å²) in [6.45, 7) is 0.439. The molecule has 0 amide bonds. The largest absolute Gasteiger partial charge is 0.339 e. The highest BCUT2D eigenvalue weighted by molar-refractivity contribution is 6.31. The van der Waals surface area contributed by atoms with Gasteiger partial charge in [0.15, 0.2) is 0 Å². The summed E-state index contributed by atoms with van der Waals surface area (Å²) < 4.78 is 13.0. The summed E-state index contributed by atoms with van der Waals surface area (Å²) in [6.07, 6.45) is 0. The van der Waals surface area contributed by atoms with Crippen LogP contribution in [-0.4, -0.2) is 22.0 Å². The standard InChI is InChI=1S/C11H9Cl2FN4/c1-18(6-7-3-2-4-8(14)5-7)11-16-9(12)15-10(13)17-11/h2-5H,6H2,1H3. The van der Waals surface area contributed by atoms with Crippen LogP contribution in [0.25, 0.3) is 0 Å². The predicted molar refractivity (Wildman–Crippen MR) is 68.4 cm³/mol. The molecule has 2 rings (SSSR count). The molecule has 0 aliphatic carbocycles. The van der Waals surface area contributed by atoms with E-state index in [0.29, 0.717) is 12.5 Å². The van der Waals surface area contributed by atoms with Gasteiger partial charge < -0.3 is 4.90 Å². The van der Waals surface area contributed by atoms with Crippen LogP contribution in [0.2, 0.25) is 10.6 Å². The van der Waals surface area contributed by atoms with Crippen LogP contribution >= 0.6 is 23.2 Å². The molecule has 0 unspecified atom stereocenters. The molecule has 0 bridgehead atoms. The number of rotatable bonds is 3. The van der Waals surface area contributed by atoms with Crippen LogP contribution in [0, 0.1) is 5.82 Å². The van der Waals surface area contributed by atoms with Gasteiger partial charge in [0.25, 0.3) is 0 Å². The van der Waals surface area contributed by atoms with Gasteiger partial charge in [-0.05, 0) is 40.9 Å². The molecule has 94 valence electrons. The van der Waals surface area contributed by atoms with Crippen LogP contribution < -0.4 is 4.90 Å². The minimum absolute atomic E-state index is 0.0242. The summed E-state index contributed by atoms with van der Waals surface area (Å²) in [5.41, 5.74) is 0.796. The van der Waals surface area contributed by atoms with Crippen LogP contribution in [0.4, 0.5) is 10.3 Å². The summed E-state index contributed by atoms with van der Waals surface area (Å²) in [5.74, 6) is 0.0527. The lowest BCUT2D eigenvalue weighted by Gasteiger charge is -2.16. The number of halogens is 3. The van der Waals surface area contributed by atoms with Crippen molar-refractivity contribution in [2.24, 2.45) is 0 Å². The van der Waals surface area contributed by atoms with Crippen LogP contribution in [-0.2, 0) is 6.54 Å². The lowest BCUT2D eigenvalue weighted by atomic mass is 10.2. The Bertz CT molecular complexity index is 544. The number of nitrogens with zero attached hydrogens (tertiary/aromatic N) is 4. The molecule has 4 nitrogen and oxygen atoms in total. The summed E-state index contributed by atoms with van der Waals surface area (Å²) in [6, 6.07) is 6.29. The predicted octanol–water partition coefficient (Wildman–Crippen LogP) is 2.95. The van der Waals surface area contributed by atoms with E-state index in [1.807, 2.05) is 6.07 Å². The Kier molecular flexibility index (Phi) is 3.93. The van der Waals surface area contributed by atoms with Gasteiger partial charge in [-0.2, -0.15) is 15.0 Å². The molecule has 0 N–H and O–H groups in total. The van der Waals surface area contributed by atoms with Crippen molar-refractivity contribution in [2.75, 3.05) is 11.9 Å². The van der Waals surface area contributed by atoms with E-state index in [1.54, 1.807) is 18.0 Å². The fraction of sp³-hybridized carbons (Fsp3) is 0.182. The number of hydrogen-bond donors (Lipinski definition) is 0. The highest BCUT2D eigenvalue weighted by Gasteiger charge is 2.09. The third-order valence-electron chi connectivity index (χ3n) is 2.22. The summed E-state index contributed by atoms with van der Waals surface area (Å²) in [7, 11) is 1.76. The summed E-state index contributed by atoms with van der Waals surface area (Å²) >= 11 is 11.4. The first-order valence-electron chi connectivity index (χ1n) is 5.07. The minimum atomic E-state index is -0.285. The van der Waals surface area contributed by atoms with Crippen molar-refractivity contribution in [1.82, 2.24) is 15.0 Å². The fourth-order valence-electron chi connectivity index (χ4n) is 1.47. The molecule has 0 aliphatic rings. The van der Waals surface area contributed by atoms with Crippen molar-refractivity contribution in [3.8, 4) is 0 Å². The van der Waals surface area contributed by atoms with Gasteiger partial charge in [0, 0.05) is 13.6 Å². The molecule has 0 fully saturated rings. The van der Waals surface area contributed by atoms with E-state index in [1.165, 1.54) is 12.1 Å². The van der Waals surface area contributed by atoms with Crippen molar-refractivity contribution in [1.29, 1.82) is 0 Å². The van der Waals surface area contributed by atoms with Gasteiger partial charge in [0.05, 0.1) is 0 Å². The molecule has 0 saturated carbocycles. The molecular formula is C11H9Cl2FN4. The summed E-state index contributed by atoms with van der Waals surface area (Å²) in [5, 5.41) is 0.0483. The van der Waals surface area contributed by atoms with E-state index in [4.69, 9.17) is 23.2 Å². The Morgan fingerprint density at radius 2 is 1.83 bits per heavy atom. The third-order valence-corrected chi connectivity index (χ3v) is 2.56. The Morgan fingerprint density at radius 3 is 2.44 bits per heavy atom. The average Bonchev–Trinajstić information content (AvgIpc) is 2.27. The van der Waals surface area contributed by atoms with Crippen LogP contribution in [0.15, 0.2) is 24.3 Å². The Labute approximate surface area is 113 Å². The van der Waals surface area contributed by atoms with Crippen molar-refractivity contribution in [3.05, 3.63) is 46.2 Å². The Balaban J connectivity index is 2.19. The molecule has 2 aromatic rings. The molecular weight excluding hydrogens is 278 g/mol. The van der Waals surface area contributed by atoms with E-state index >= 15 is 0 Å². The van der Waals surface area contributed by atoms with Crippen molar-refractivity contribution in [3.63, 3.8) is 0 Å². The topological polar surface area (TPSA) is 41.9 Å². The molecule has 1 aromatic heterocycles. The number of anilines is 1. The Morgan fingerprint density at radius 1 is 1.17 bits per heavy atom. The van der Waals surface area contributed by atoms with Crippen molar-refractivity contribution < 1.29 is 4.39 Å². The van der Waals surface area contributed by atoms with Gasteiger partial charge in [0.2, 0.25) is 16.5 Å². The van der Waals surface area contributed by atoms with E-state index in [2.05, 4.69) is 15.0 Å². The molecule has 0 saturated heterocycles. The van der Waals surface area contributed by atoms with E-state index < -0.39 is 0 Å². The minimum Gasteiger partial charge on any atom is -0.339 e. The normalized spacial score (nSPS) is 10.4. The van der Waals surface area contributed by atoms with Gasteiger partial charge in [-0.15, -0.1) is 0 Å². The average molecular weight is 287 g/mol. The molecule has 18 heavy (non-hydrogen) atoms. The van der Waals surface area contributed by atoms with Gasteiger partial charge in [-0.3, -0.25) is 0 Å². The Hall–Kier alpha value is -1.46. The highest BCUT2D eigenvalue weighted by Crippen LogP contribution is 2.15. The second kappa shape index (κ2) is 5.46. The van der Waals surface area contributed by atoms with E-state index in [-0.39, 0.29) is 16.4 Å². The monoisotopic (exact) mass is 286 g/mol. The molecule has 1 heterocycles. The van der Waals surface area contributed by atoms with Gasteiger partial charge in [-0.25, -0.2) is 4.39 Å². The lowest BCUT2D eigenvalue weighted by Crippen LogP contribution is -2.19. The second-order valence-corrected chi connectivity index (χ2v) is 4.34. The highest BCUT2D eigenvalue weighted by atomic mass is 35.5. The van der Waals surface area contributed by atoms with Crippen molar-refractivity contribution in [2.45, 2.75) is 6.54 Å². The molecule has 1 aromatic carbocycles. The maximum atomic E-state index is 13.0. The molecule has 0 atom stereocenters. The quantitative estimate of drug-likeness (QED) is 0.870. The molecule has 7 heteroatoms. The maximum Gasteiger partial charge on any atom is 0.231 e. The van der Waals surface area contributed by atoms with Crippen LogP contribution in [0.1, 0.15) is 5.56 Å². The number of hydrogen-bond acceptors (Lipinski definition) is 4. The smallest absolute Gasteiger partial charge is 0.231 e. The van der Waals surface area contributed by atoms with Gasteiger partial charge in [-0.1, -0.05) is 12.1 Å². The molecule has 0 radical (unpaired) electrons. The zero-order valence-electron chi connectivity index (χ0n) is 9.44. The number of benzene rings is 1. The zero-order valence-corrected chi connectivity index (χ0v) is 11.0.